The number of thioether (sulfide) groups is 1. The van der Waals surface area contributed by atoms with Crippen LogP contribution in [0.2, 0.25) is 5.02 Å². The van der Waals surface area contributed by atoms with Crippen molar-refractivity contribution >= 4 is 29.3 Å². The Hall–Kier alpha value is -1.45. The average molecular weight is 293 g/mol. The first kappa shape index (κ1) is 14.0. The van der Waals surface area contributed by atoms with Gasteiger partial charge in [0.2, 0.25) is 0 Å². The van der Waals surface area contributed by atoms with Crippen molar-refractivity contribution in [2.75, 3.05) is 0 Å². The molecule has 98 valence electrons. The second-order valence-corrected chi connectivity index (χ2v) is 5.65. The monoisotopic (exact) mass is 292 g/mol. The van der Waals surface area contributed by atoms with E-state index in [0.717, 1.165) is 21.2 Å². The third kappa shape index (κ3) is 3.75. The van der Waals surface area contributed by atoms with Crippen LogP contribution in [0.1, 0.15) is 21.5 Å². The molecule has 0 heterocycles. The highest BCUT2D eigenvalue weighted by atomic mass is 35.5. The van der Waals surface area contributed by atoms with E-state index in [1.54, 1.807) is 23.9 Å². The number of carboxylic acid groups (broad SMARTS) is 1. The quantitative estimate of drug-likeness (QED) is 0.834. The van der Waals surface area contributed by atoms with Crippen molar-refractivity contribution in [3.8, 4) is 0 Å². The molecular formula is C15H13ClO2S. The molecular weight excluding hydrogens is 280 g/mol. The van der Waals surface area contributed by atoms with Crippen molar-refractivity contribution in [1.82, 2.24) is 0 Å². The van der Waals surface area contributed by atoms with Gasteiger partial charge in [0.15, 0.2) is 0 Å². The van der Waals surface area contributed by atoms with Gasteiger partial charge in [-0.3, -0.25) is 0 Å². The molecule has 2 rings (SSSR count). The predicted molar refractivity (Wildman–Crippen MR) is 79.2 cm³/mol. The highest BCUT2D eigenvalue weighted by molar-refractivity contribution is 7.98. The first-order valence-electron chi connectivity index (χ1n) is 5.77. The molecule has 0 aliphatic carbocycles. The Kier molecular flexibility index (Phi) is 4.51. The second-order valence-electron chi connectivity index (χ2n) is 4.20. The van der Waals surface area contributed by atoms with E-state index in [1.807, 2.05) is 37.3 Å². The number of carboxylic acids is 1. The maximum absolute atomic E-state index is 10.9. The number of carbonyl (C=O) groups is 1. The summed E-state index contributed by atoms with van der Waals surface area (Å²) >= 11 is 7.53. The van der Waals surface area contributed by atoms with Crippen LogP contribution < -0.4 is 0 Å². The molecule has 0 fully saturated rings. The first-order chi connectivity index (χ1) is 9.06. The van der Waals surface area contributed by atoms with Gasteiger partial charge in [-0.15, -0.1) is 11.8 Å². The van der Waals surface area contributed by atoms with Crippen molar-refractivity contribution in [2.45, 2.75) is 17.6 Å². The Balaban J connectivity index is 2.07. The summed E-state index contributed by atoms with van der Waals surface area (Å²) in [7, 11) is 0. The van der Waals surface area contributed by atoms with Crippen LogP contribution in [0.15, 0.2) is 47.4 Å². The molecule has 0 saturated heterocycles. The molecule has 0 bridgehead atoms. The van der Waals surface area contributed by atoms with Gasteiger partial charge in [0.05, 0.1) is 5.56 Å². The number of rotatable bonds is 4. The van der Waals surface area contributed by atoms with Gasteiger partial charge >= 0.3 is 5.97 Å². The Morgan fingerprint density at radius 3 is 2.47 bits per heavy atom. The minimum absolute atomic E-state index is 0.327. The van der Waals surface area contributed by atoms with E-state index >= 15 is 0 Å². The summed E-state index contributed by atoms with van der Waals surface area (Å²) in [5, 5.41) is 9.65. The van der Waals surface area contributed by atoms with Gasteiger partial charge in [0.1, 0.15) is 0 Å². The molecule has 1 N–H and O–H groups in total. The van der Waals surface area contributed by atoms with Crippen LogP contribution in [0.5, 0.6) is 0 Å². The summed E-state index contributed by atoms with van der Waals surface area (Å²) in [4.78, 5) is 12.0. The van der Waals surface area contributed by atoms with E-state index in [0.29, 0.717) is 5.56 Å². The zero-order valence-corrected chi connectivity index (χ0v) is 12.0. The van der Waals surface area contributed by atoms with E-state index in [1.165, 1.54) is 5.56 Å². The van der Waals surface area contributed by atoms with Gasteiger partial charge in [0, 0.05) is 15.7 Å². The third-order valence-corrected chi connectivity index (χ3v) is 4.23. The highest BCUT2D eigenvalue weighted by Gasteiger charge is 2.06. The van der Waals surface area contributed by atoms with Gasteiger partial charge in [-0.2, -0.15) is 0 Å². The summed E-state index contributed by atoms with van der Waals surface area (Å²) in [6, 6.07) is 12.9. The molecule has 2 aromatic rings. The Labute approximate surface area is 121 Å². The number of hydrogen-bond donors (Lipinski definition) is 1. The van der Waals surface area contributed by atoms with Crippen LogP contribution in [0.4, 0.5) is 0 Å². The van der Waals surface area contributed by atoms with Crippen molar-refractivity contribution < 1.29 is 9.90 Å². The largest absolute Gasteiger partial charge is 0.478 e. The van der Waals surface area contributed by atoms with E-state index in [-0.39, 0.29) is 0 Å². The van der Waals surface area contributed by atoms with Crippen molar-refractivity contribution in [2.24, 2.45) is 0 Å². The maximum Gasteiger partial charge on any atom is 0.335 e. The summed E-state index contributed by atoms with van der Waals surface area (Å²) in [5.41, 5.74) is 2.50. The number of aryl methyl sites for hydroxylation is 1. The second kappa shape index (κ2) is 6.13. The number of halogens is 1. The molecule has 0 saturated carbocycles. The molecule has 0 atom stereocenters. The molecule has 0 aromatic heterocycles. The SMILES string of the molecule is Cc1cc(C(=O)O)ccc1SCc1ccc(Cl)cc1. The fraction of sp³-hybridized carbons (Fsp3) is 0.133. The fourth-order valence-electron chi connectivity index (χ4n) is 1.69. The van der Waals surface area contributed by atoms with Gasteiger partial charge in [-0.05, 0) is 48.4 Å². The molecule has 0 aliphatic heterocycles. The maximum atomic E-state index is 10.9. The van der Waals surface area contributed by atoms with Crippen LogP contribution in [0.25, 0.3) is 0 Å². The van der Waals surface area contributed by atoms with Crippen LogP contribution in [-0.2, 0) is 5.75 Å². The van der Waals surface area contributed by atoms with Crippen LogP contribution in [0, 0.1) is 6.92 Å². The van der Waals surface area contributed by atoms with Gasteiger partial charge in [0.25, 0.3) is 0 Å². The molecule has 0 amide bonds. The van der Waals surface area contributed by atoms with Crippen molar-refractivity contribution in [3.63, 3.8) is 0 Å². The Morgan fingerprint density at radius 1 is 1.21 bits per heavy atom. The van der Waals surface area contributed by atoms with E-state index in [9.17, 15) is 4.79 Å². The summed E-state index contributed by atoms with van der Waals surface area (Å²) in [6.45, 7) is 1.93. The summed E-state index contributed by atoms with van der Waals surface area (Å²) in [5.74, 6) is -0.0536. The molecule has 0 aliphatic rings. The summed E-state index contributed by atoms with van der Waals surface area (Å²) < 4.78 is 0. The third-order valence-electron chi connectivity index (χ3n) is 2.73. The normalized spacial score (nSPS) is 10.4. The number of aromatic carboxylic acids is 1. The van der Waals surface area contributed by atoms with E-state index < -0.39 is 5.97 Å². The molecule has 2 nitrogen and oxygen atoms in total. The van der Waals surface area contributed by atoms with Gasteiger partial charge < -0.3 is 5.11 Å². The molecule has 2 aromatic carbocycles. The predicted octanol–water partition coefficient (Wildman–Crippen LogP) is 4.64. The molecule has 19 heavy (non-hydrogen) atoms. The number of hydrogen-bond acceptors (Lipinski definition) is 2. The molecule has 0 radical (unpaired) electrons. The lowest BCUT2D eigenvalue weighted by Crippen LogP contribution is -1.96. The fourth-order valence-corrected chi connectivity index (χ4v) is 2.78. The van der Waals surface area contributed by atoms with Gasteiger partial charge in [-0.1, -0.05) is 23.7 Å². The average Bonchev–Trinajstić information content (AvgIpc) is 2.39. The molecule has 0 spiro atoms. The number of benzene rings is 2. The minimum Gasteiger partial charge on any atom is -0.478 e. The van der Waals surface area contributed by atoms with Gasteiger partial charge in [-0.25, -0.2) is 4.79 Å². The zero-order valence-electron chi connectivity index (χ0n) is 10.4. The Morgan fingerprint density at radius 2 is 1.89 bits per heavy atom. The van der Waals surface area contributed by atoms with Crippen molar-refractivity contribution in [3.05, 3.63) is 64.2 Å². The van der Waals surface area contributed by atoms with Crippen LogP contribution in [0.3, 0.4) is 0 Å². The first-order valence-corrected chi connectivity index (χ1v) is 7.14. The van der Waals surface area contributed by atoms with Crippen LogP contribution in [-0.4, -0.2) is 11.1 Å². The lowest BCUT2D eigenvalue weighted by molar-refractivity contribution is 0.0696. The van der Waals surface area contributed by atoms with E-state index in [4.69, 9.17) is 16.7 Å². The minimum atomic E-state index is -0.891. The summed E-state index contributed by atoms with van der Waals surface area (Å²) in [6.07, 6.45) is 0. The highest BCUT2D eigenvalue weighted by Crippen LogP contribution is 2.27. The standard InChI is InChI=1S/C15H13ClO2S/c1-10-8-12(15(17)18)4-7-14(10)19-9-11-2-5-13(16)6-3-11/h2-8H,9H2,1H3,(H,17,18). The molecule has 0 unspecified atom stereocenters. The smallest absolute Gasteiger partial charge is 0.335 e. The lowest BCUT2D eigenvalue weighted by atomic mass is 10.1. The molecule has 4 heteroatoms. The van der Waals surface area contributed by atoms with E-state index in [2.05, 4.69) is 0 Å². The Bertz CT molecular complexity index is 594. The lowest BCUT2D eigenvalue weighted by Gasteiger charge is -2.07. The topological polar surface area (TPSA) is 37.3 Å². The zero-order chi connectivity index (χ0) is 13.8. The van der Waals surface area contributed by atoms with Crippen LogP contribution >= 0.6 is 23.4 Å². The van der Waals surface area contributed by atoms with Crippen molar-refractivity contribution in [1.29, 1.82) is 0 Å².